The van der Waals surface area contributed by atoms with Gasteiger partial charge in [-0.25, -0.2) is 4.21 Å². The quantitative estimate of drug-likeness (QED) is 0.338. The van der Waals surface area contributed by atoms with Crippen LogP contribution < -0.4 is 0 Å². The Labute approximate surface area is 144 Å². The van der Waals surface area contributed by atoms with Crippen molar-refractivity contribution < 1.29 is 27.2 Å². The number of hydrogen-bond acceptors (Lipinski definition) is 4. The molecule has 0 aromatic heterocycles. The van der Waals surface area contributed by atoms with E-state index in [2.05, 4.69) is 0 Å². The first-order chi connectivity index (χ1) is 11.5. The summed E-state index contributed by atoms with van der Waals surface area (Å²) in [4.78, 5) is 0.0513. The lowest BCUT2D eigenvalue weighted by molar-refractivity contribution is -0.0670. The lowest BCUT2D eigenvalue weighted by atomic mass is 10.1. The van der Waals surface area contributed by atoms with E-state index in [9.17, 15) is 13.0 Å². The van der Waals surface area contributed by atoms with Gasteiger partial charge in [0.1, 0.15) is 10.8 Å². The highest BCUT2D eigenvalue weighted by Crippen LogP contribution is 2.36. The molecule has 1 aromatic rings. The fourth-order valence-electron chi connectivity index (χ4n) is 2.04. The van der Waals surface area contributed by atoms with Crippen molar-refractivity contribution in [2.24, 2.45) is 0 Å². The fraction of sp³-hybridized carbons (Fsp3) is 0.529. The van der Waals surface area contributed by atoms with E-state index in [-0.39, 0.29) is 18.3 Å². The maximum atomic E-state index is 14.8. The third-order valence-electron chi connectivity index (χ3n) is 3.35. The van der Waals surface area contributed by atoms with Gasteiger partial charge in [-0.05, 0) is 30.5 Å². The standard InChI is InChI=1S/C17H24F2O4S/c1-4-14(5-2)16(23-13-22-12-11-21-3)17(18,19)24(20)15-9-7-6-8-10-15/h6-10H,4-5,11-13H2,1-3H3. The molecule has 0 radical (unpaired) electrons. The molecule has 0 aliphatic rings. The van der Waals surface area contributed by atoms with E-state index >= 15 is 0 Å². The Balaban J connectivity index is 2.99. The van der Waals surface area contributed by atoms with Gasteiger partial charge in [0.2, 0.25) is 0 Å². The number of halogens is 2. The molecular weight excluding hydrogens is 338 g/mol. The van der Waals surface area contributed by atoms with E-state index in [1.54, 1.807) is 32.0 Å². The molecule has 0 aliphatic heterocycles. The number of hydrogen-bond donors (Lipinski definition) is 0. The van der Waals surface area contributed by atoms with E-state index in [0.29, 0.717) is 25.0 Å². The predicted molar refractivity (Wildman–Crippen MR) is 89.2 cm³/mol. The molecule has 0 heterocycles. The Hall–Kier alpha value is -1.31. The maximum absolute atomic E-state index is 14.8. The van der Waals surface area contributed by atoms with Crippen LogP contribution in [0, 0.1) is 0 Å². The van der Waals surface area contributed by atoms with Gasteiger partial charge in [0, 0.05) is 12.0 Å². The molecule has 7 heteroatoms. The third kappa shape index (κ3) is 5.65. The number of benzene rings is 1. The highest BCUT2D eigenvalue weighted by atomic mass is 32.2. The summed E-state index contributed by atoms with van der Waals surface area (Å²) in [5, 5.41) is -3.63. The van der Waals surface area contributed by atoms with Gasteiger partial charge in [-0.2, -0.15) is 8.78 Å². The summed E-state index contributed by atoms with van der Waals surface area (Å²) in [6.45, 7) is 3.74. The average molecular weight is 362 g/mol. The van der Waals surface area contributed by atoms with Gasteiger partial charge >= 0.3 is 5.25 Å². The zero-order chi connectivity index (χ0) is 18.0. The van der Waals surface area contributed by atoms with Crippen molar-refractivity contribution in [3.05, 3.63) is 41.7 Å². The summed E-state index contributed by atoms with van der Waals surface area (Å²) in [7, 11) is -1.04. The second kappa shape index (κ2) is 10.5. The van der Waals surface area contributed by atoms with Gasteiger partial charge in [0.15, 0.2) is 12.6 Å². The monoisotopic (exact) mass is 362 g/mol. The molecule has 0 saturated carbocycles. The maximum Gasteiger partial charge on any atom is 0.381 e. The van der Waals surface area contributed by atoms with E-state index in [1.807, 2.05) is 0 Å². The third-order valence-corrected chi connectivity index (χ3v) is 4.70. The number of ether oxygens (including phenoxy) is 3. The molecule has 0 spiro atoms. The molecule has 1 unspecified atom stereocenters. The van der Waals surface area contributed by atoms with Gasteiger partial charge in [-0.15, -0.1) is 0 Å². The zero-order valence-corrected chi connectivity index (χ0v) is 15.0. The minimum atomic E-state index is -3.63. The predicted octanol–water partition coefficient (Wildman–Crippen LogP) is 4.10. The van der Waals surface area contributed by atoms with Crippen LogP contribution in [0.15, 0.2) is 46.6 Å². The van der Waals surface area contributed by atoms with Gasteiger partial charge < -0.3 is 14.2 Å². The molecule has 24 heavy (non-hydrogen) atoms. The van der Waals surface area contributed by atoms with Gasteiger partial charge in [0.05, 0.1) is 13.2 Å². The van der Waals surface area contributed by atoms with Crippen LogP contribution >= 0.6 is 0 Å². The van der Waals surface area contributed by atoms with E-state index in [4.69, 9.17) is 14.2 Å². The Morgan fingerprint density at radius 2 is 1.75 bits per heavy atom. The molecule has 0 fully saturated rings. The van der Waals surface area contributed by atoms with Crippen molar-refractivity contribution in [1.29, 1.82) is 0 Å². The van der Waals surface area contributed by atoms with Crippen molar-refractivity contribution in [3.63, 3.8) is 0 Å². The van der Waals surface area contributed by atoms with Crippen molar-refractivity contribution in [3.8, 4) is 0 Å². The SMILES string of the molecule is CCC(CC)=C(OCOCCOC)C(F)(F)S(=O)c1ccccc1. The highest BCUT2D eigenvalue weighted by molar-refractivity contribution is 7.86. The van der Waals surface area contributed by atoms with E-state index in [0.717, 1.165) is 0 Å². The van der Waals surface area contributed by atoms with Crippen molar-refractivity contribution in [2.75, 3.05) is 27.1 Å². The molecule has 0 amide bonds. The molecule has 1 aromatic carbocycles. The second-order valence-corrected chi connectivity index (χ2v) is 6.42. The largest absolute Gasteiger partial charge is 0.464 e. The smallest absolute Gasteiger partial charge is 0.381 e. The van der Waals surface area contributed by atoms with Crippen LogP contribution in [0.1, 0.15) is 26.7 Å². The van der Waals surface area contributed by atoms with E-state index < -0.39 is 21.8 Å². The molecule has 136 valence electrons. The minimum absolute atomic E-state index is 0.0513. The van der Waals surface area contributed by atoms with Crippen LogP contribution in [0.25, 0.3) is 0 Å². The van der Waals surface area contributed by atoms with Crippen LogP contribution in [-0.4, -0.2) is 36.6 Å². The molecule has 0 aliphatic carbocycles. The molecule has 0 bridgehead atoms. The molecule has 1 rings (SSSR count). The normalized spacial score (nSPS) is 12.7. The molecule has 4 nitrogen and oxygen atoms in total. The second-order valence-electron chi connectivity index (χ2n) is 4.90. The van der Waals surface area contributed by atoms with Gasteiger partial charge in [-0.3, -0.25) is 0 Å². The first-order valence-corrected chi connectivity index (χ1v) is 8.90. The number of methoxy groups -OCH3 is 1. The lowest BCUT2D eigenvalue weighted by Crippen LogP contribution is -2.29. The van der Waals surface area contributed by atoms with Gasteiger partial charge in [0.25, 0.3) is 0 Å². The summed E-state index contributed by atoms with van der Waals surface area (Å²) in [6.07, 6.45) is 0.761. The molecular formula is C17H24F2O4S. The number of rotatable bonds is 11. The van der Waals surface area contributed by atoms with E-state index in [1.165, 1.54) is 19.2 Å². The van der Waals surface area contributed by atoms with Gasteiger partial charge in [-0.1, -0.05) is 32.0 Å². The molecule has 0 saturated heterocycles. The fourth-order valence-corrected chi connectivity index (χ4v) is 3.11. The van der Waals surface area contributed by atoms with Crippen LogP contribution in [0.3, 0.4) is 0 Å². The summed E-state index contributed by atoms with van der Waals surface area (Å²) in [6, 6.07) is 7.64. The van der Waals surface area contributed by atoms with Crippen molar-refractivity contribution >= 4 is 10.8 Å². The summed E-state index contributed by atoms with van der Waals surface area (Å²) in [5.74, 6) is -0.563. The Morgan fingerprint density at radius 1 is 1.12 bits per heavy atom. The van der Waals surface area contributed by atoms with Crippen molar-refractivity contribution in [1.82, 2.24) is 0 Å². The van der Waals surface area contributed by atoms with Crippen LogP contribution in [-0.2, 0) is 25.0 Å². The van der Waals surface area contributed by atoms with Crippen LogP contribution in [0.2, 0.25) is 0 Å². The first-order valence-electron chi connectivity index (χ1n) is 7.75. The van der Waals surface area contributed by atoms with Crippen molar-refractivity contribution in [2.45, 2.75) is 36.8 Å². The summed E-state index contributed by atoms with van der Waals surface area (Å²) < 4.78 is 57.1. The lowest BCUT2D eigenvalue weighted by Gasteiger charge is -2.23. The average Bonchev–Trinajstić information content (AvgIpc) is 2.60. The Bertz CT molecular complexity index is 541. The summed E-state index contributed by atoms with van der Waals surface area (Å²) in [5.41, 5.74) is 0.416. The highest BCUT2D eigenvalue weighted by Gasteiger charge is 2.45. The number of alkyl halides is 2. The topological polar surface area (TPSA) is 44.8 Å². The molecule has 0 N–H and O–H groups in total. The van der Waals surface area contributed by atoms with Crippen LogP contribution in [0.5, 0.6) is 0 Å². The van der Waals surface area contributed by atoms with Crippen LogP contribution in [0.4, 0.5) is 8.78 Å². The minimum Gasteiger partial charge on any atom is -0.464 e. The zero-order valence-electron chi connectivity index (χ0n) is 14.2. The Kier molecular flexibility index (Phi) is 9.10. The summed E-state index contributed by atoms with van der Waals surface area (Å²) >= 11 is 0. The first kappa shape index (κ1) is 20.7. The Morgan fingerprint density at radius 3 is 2.29 bits per heavy atom. The number of allylic oxidation sites excluding steroid dienone is 1. The molecule has 1 atom stereocenters.